The number of rotatable bonds is 7. The van der Waals surface area contributed by atoms with E-state index in [9.17, 15) is 32.7 Å². The van der Waals surface area contributed by atoms with Crippen molar-refractivity contribution in [3.63, 3.8) is 0 Å². The molecule has 0 radical (unpaired) electrons. The predicted molar refractivity (Wildman–Crippen MR) is 109 cm³/mol. The third-order valence-corrected chi connectivity index (χ3v) is 4.69. The van der Waals surface area contributed by atoms with Gasteiger partial charge in [0.1, 0.15) is 5.69 Å². The summed E-state index contributed by atoms with van der Waals surface area (Å²) >= 11 is 6.04. The molecular formula is C20H20ClF3N2O6. The number of ether oxygens (including phenoxy) is 2. The molecule has 1 aromatic heterocycles. The summed E-state index contributed by atoms with van der Waals surface area (Å²) in [5.41, 5.74) is -5.98. The fraction of sp³-hybridized carbons (Fsp3) is 0.350. The van der Waals surface area contributed by atoms with E-state index in [0.29, 0.717) is 4.57 Å². The summed E-state index contributed by atoms with van der Waals surface area (Å²) in [4.78, 5) is 37.4. The number of nitrogens with zero attached hydrogens (tertiary/aromatic N) is 2. The molecule has 174 valence electrons. The smallest absolute Gasteiger partial charge is 0.431 e. The molecule has 12 heteroatoms. The molecule has 0 aliphatic rings. The van der Waals surface area contributed by atoms with E-state index in [1.54, 1.807) is 0 Å². The van der Waals surface area contributed by atoms with Crippen LogP contribution in [0.25, 0.3) is 5.69 Å². The number of benzene rings is 1. The molecule has 0 aliphatic heterocycles. The van der Waals surface area contributed by atoms with E-state index in [0.717, 1.165) is 13.1 Å². The zero-order valence-electron chi connectivity index (χ0n) is 17.3. The predicted octanol–water partition coefficient (Wildman–Crippen LogP) is 2.66. The van der Waals surface area contributed by atoms with E-state index in [2.05, 4.69) is 6.58 Å². The van der Waals surface area contributed by atoms with Gasteiger partial charge in [0, 0.05) is 13.1 Å². The Bertz CT molecular complexity index is 1150. The fourth-order valence-corrected chi connectivity index (χ4v) is 2.84. The molecule has 1 heterocycles. The average Bonchev–Trinajstić information content (AvgIpc) is 2.68. The van der Waals surface area contributed by atoms with Crippen LogP contribution in [0, 0.1) is 0 Å². The van der Waals surface area contributed by atoms with Crippen LogP contribution in [0.3, 0.4) is 0 Å². The molecule has 2 aromatic rings. The Morgan fingerprint density at radius 2 is 1.91 bits per heavy atom. The second-order valence-corrected chi connectivity index (χ2v) is 7.58. The van der Waals surface area contributed by atoms with Crippen LogP contribution in [-0.2, 0) is 22.7 Å². The maximum atomic E-state index is 13.0. The second kappa shape index (κ2) is 9.31. The maximum Gasteiger partial charge on any atom is 0.431 e. The van der Waals surface area contributed by atoms with Crippen molar-refractivity contribution in [3.05, 3.63) is 74.0 Å². The van der Waals surface area contributed by atoms with E-state index < -0.39 is 41.0 Å². The number of aliphatic hydroxyl groups is 1. The first-order valence-corrected chi connectivity index (χ1v) is 9.42. The zero-order valence-corrected chi connectivity index (χ0v) is 18.0. The molecule has 0 aliphatic carbocycles. The van der Waals surface area contributed by atoms with Crippen LogP contribution >= 0.6 is 11.6 Å². The second-order valence-electron chi connectivity index (χ2n) is 7.17. The van der Waals surface area contributed by atoms with Crippen molar-refractivity contribution in [1.29, 1.82) is 0 Å². The van der Waals surface area contributed by atoms with Gasteiger partial charge in [0.05, 0.1) is 22.9 Å². The lowest BCUT2D eigenvalue weighted by atomic mass is 10.1. The maximum absolute atomic E-state index is 13.0. The summed E-state index contributed by atoms with van der Waals surface area (Å²) in [7, 11) is 0.860. The number of carbonyl (C=O) groups is 1. The number of carbonyl (C=O) groups excluding carboxylic acids is 1. The molecule has 2 rings (SSSR count). The molecule has 0 fully saturated rings. The normalized spacial score (nSPS) is 13.0. The Labute approximate surface area is 185 Å². The number of alkyl halides is 3. The van der Waals surface area contributed by atoms with Crippen molar-refractivity contribution in [3.8, 4) is 5.69 Å². The Morgan fingerprint density at radius 1 is 1.28 bits per heavy atom. The van der Waals surface area contributed by atoms with Crippen LogP contribution in [0.4, 0.5) is 13.2 Å². The van der Waals surface area contributed by atoms with E-state index in [1.807, 2.05) is 0 Å². The van der Waals surface area contributed by atoms with Gasteiger partial charge < -0.3 is 14.6 Å². The van der Waals surface area contributed by atoms with Crippen molar-refractivity contribution >= 4 is 17.6 Å². The summed E-state index contributed by atoms with van der Waals surface area (Å²) in [5.74, 6) is -1.03. The van der Waals surface area contributed by atoms with Crippen LogP contribution in [0.2, 0.25) is 5.02 Å². The van der Waals surface area contributed by atoms with Crippen molar-refractivity contribution in [2.24, 2.45) is 7.05 Å². The lowest BCUT2D eigenvalue weighted by Gasteiger charge is -2.30. The molecule has 0 saturated carbocycles. The lowest BCUT2D eigenvalue weighted by Crippen LogP contribution is -2.43. The standard InChI is InChI=1S/C20H20ClF3N2O6/c1-5-8-31-17(29)19(2,3)32-16(28)12-9-11(6-7-13(12)21)26-15(27)10-14(20(22,23)24)25(4)18(26)30/h5-7,9-10,17,29H,1,8H2,2-4H3. The first-order valence-electron chi connectivity index (χ1n) is 9.04. The first kappa shape index (κ1) is 25.4. The summed E-state index contributed by atoms with van der Waals surface area (Å²) in [6.07, 6.45) is -5.05. The Morgan fingerprint density at radius 3 is 2.47 bits per heavy atom. The van der Waals surface area contributed by atoms with Gasteiger partial charge in [0.25, 0.3) is 5.56 Å². The Hall–Kier alpha value is -2.89. The third-order valence-electron chi connectivity index (χ3n) is 4.36. The highest BCUT2D eigenvalue weighted by Crippen LogP contribution is 2.27. The molecule has 0 bridgehead atoms. The van der Waals surface area contributed by atoms with Gasteiger partial charge in [-0.25, -0.2) is 14.2 Å². The number of esters is 1. The minimum Gasteiger partial charge on any atom is -0.451 e. The number of hydrogen-bond donors (Lipinski definition) is 1. The molecule has 0 saturated heterocycles. The largest absolute Gasteiger partial charge is 0.451 e. The summed E-state index contributed by atoms with van der Waals surface area (Å²) < 4.78 is 50.1. The molecule has 0 spiro atoms. The SMILES string of the molecule is C=CCOC(O)C(C)(C)OC(=O)c1cc(-n2c(=O)cc(C(F)(F)F)n(C)c2=O)ccc1Cl. The minimum absolute atomic E-state index is 0.0154. The molecule has 8 nitrogen and oxygen atoms in total. The number of halogens is 4. The van der Waals surface area contributed by atoms with Gasteiger partial charge in [0.15, 0.2) is 11.9 Å². The van der Waals surface area contributed by atoms with E-state index >= 15 is 0 Å². The third kappa shape index (κ3) is 5.29. The Balaban J connectivity index is 2.50. The van der Waals surface area contributed by atoms with Gasteiger partial charge in [-0.3, -0.25) is 9.36 Å². The highest BCUT2D eigenvalue weighted by molar-refractivity contribution is 6.33. The Kier molecular flexibility index (Phi) is 7.38. The minimum atomic E-state index is -4.92. The van der Waals surface area contributed by atoms with Gasteiger partial charge in [0.2, 0.25) is 0 Å². The van der Waals surface area contributed by atoms with Crippen LogP contribution in [0.1, 0.15) is 29.9 Å². The average molecular weight is 477 g/mol. The van der Waals surface area contributed by atoms with Crippen molar-refractivity contribution in [1.82, 2.24) is 9.13 Å². The number of hydrogen-bond acceptors (Lipinski definition) is 6. The summed E-state index contributed by atoms with van der Waals surface area (Å²) in [6.45, 7) is 6.15. The van der Waals surface area contributed by atoms with E-state index in [-0.39, 0.29) is 33.5 Å². The summed E-state index contributed by atoms with van der Waals surface area (Å²) in [5, 5.41) is 9.92. The van der Waals surface area contributed by atoms with Gasteiger partial charge >= 0.3 is 17.8 Å². The molecular weight excluding hydrogens is 457 g/mol. The fourth-order valence-electron chi connectivity index (χ4n) is 2.65. The molecule has 1 N–H and O–H groups in total. The van der Waals surface area contributed by atoms with Crippen molar-refractivity contribution in [2.75, 3.05) is 6.61 Å². The van der Waals surface area contributed by atoms with Crippen LogP contribution in [0.5, 0.6) is 0 Å². The highest BCUT2D eigenvalue weighted by atomic mass is 35.5. The first-order chi connectivity index (χ1) is 14.7. The highest BCUT2D eigenvalue weighted by Gasteiger charge is 2.36. The van der Waals surface area contributed by atoms with E-state index in [1.165, 1.54) is 32.1 Å². The topological polar surface area (TPSA) is 99.8 Å². The molecule has 0 amide bonds. The van der Waals surface area contributed by atoms with E-state index in [4.69, 9.17) is 21.1 Å². The monoisotopic (exact) mass is 476 g/mol. The molecule has 1 atom stereocenters. The summed E-state index contributed by atoms with van der Waals surface area (Å²) in [6, 6.07) is 3.65. The lowest BCUT2D eigenvalue weighted by molar-refractivity contribution is -0.194. The molecule has 32 heavy (non-hydrogen) atoms. The van der Waals surface area contributed by atoms with Crippen molar-refractivity contribution in [2.45, 2.75) is 31.9 Å². The zero-order chi connectivity index (χ0) is 24.4. The van der Waals surface area contributed by atoms with Crippen molar-refractivity contribution < 1.29 is 32.5 Å². The quantitative estimate of drug-likeness (QED) is 0.375. The molecule has 1 aromatic carbocycles. The van der Waals surface area contributed by atoms with Gasteiger partial charge in [-0.15, -0.1) is 6.58 Å². The number of aromatic nitrogens is 2. The number of aliphatic hydroxyl groups excluding tert-OH is 1. The van der Waals surface area contributed by atoms with Crippen LogP contribution < -0.4 is 11.2 Å². The van der Waals surface area contributed by atoms with Gasteiger partial charge in [-0.1, -0.05) is 17.7 Å². The molecule has 1 unspecified atom stereocenters. The van der Waals surface area contributed by atoms with Gasteiger partial charge in [-0.2, -0.15) is 13.2 Å². The van der Waals surface area contributed by atoms with Crippen LogP contribution in [-0.4, -0.2) is 38.7 Å². The van der Waals surface area contributed by atoms with Gasteiger partial charge in [-0.05, 0) is 32.0 Å². The van der Waals surface area contributed by atoms with Crippen LogP contribution in [0.15, 0.2) is 46.5 Å².